The van der Waals surface area contributed by atoms with E-state index in [4.69, 9.17) is 12.2 Å². The first kappa shape index (κ1) is 22.0. The van der Waals surface area contributed by atoms with Crippen LogP contribution in [-0.4, -0.2) is 30.0 Å². The molecule has 2 rings (SSSR count). The summed E-state index contributed by atoms with van der Waals surface area (Å²) in [5, 5.41) is 7.94. The van der Waals surface area contributed by atoms with E-state index in [1.165, 1.54) is 7.11 Å². The summed E-state index contributed by atoms with van der Waals surface area (Å²) in [6, 6.07) is 13.7. The van der Waals surface area contributed by atoms with Gasteiger partial charge in [0, 0.05) is 17.5 Å². The minimum atomic E-state index is -0.732. The predicted molar refractivity (Wildman–Crippen MR) is 116 cm³/mol. The van der Waals surface area contributed by atoms with Crippen molar-refractivity contribution in [3.63, 3.8) is 0 Å². The number of ketones is 1. The van der Waals surface area contributed by atoms with E-state index in [9.17, 15) is 14.4 Å². The fraction of sp³-hybridized carbons (Fsp3) is 0.238. The zero-order chi connectivity index (χ0) is 21.4. The van der Waals surface area contributed by atoms with Crippen LogP contribution < -0.4 is 16.0 Å². The fourth-order valence-electron chi connectivity index (χ4n) is 2.52. The maximum atomic E-state index is 12.7. The minimum Gasteiger partial charge on any atom is -0.453 e. The van der Waals surface area contributed by atoms with Crippen LogP contribution in [0.15, 0.2) is 48.5 Å². The zero-order valence-corrected chi connectivity index (χ0v) is 17.3. The van der Waals surface area contributed by atoms with Gasteiger partial charge in [0.25, 0.3) is 0 Å². The van der Waals surface area contributed by atoms with E-state index in [0.29, 0.717) is 28.9 Å². The van der Waals surface area contributed by atoms with Crippen LogP contribution in [0.1, 0.15) is 36.2 Å². The van der Waals surface area contributed by atoms with Crippen LogP contribution in [0.4, 0.5) is 16.2 Å². The standard InChI is InChI=1S/C21H23N3O4S/c1-13(2)11-18(25)22-16-10-9-15(19(26)14-7-5-4-6-8-14)12-17(16)23-20(29)24-21(27)28-3/h4-10,12-13H,11H2,1-3H3,(H,22,25)(H2,23,24,27,29). The molecule has 0 bridgehead atoms. The highest BCUT2D eigenvalue weighted by molar-refractivity contribution is 7.80. The summed E-state index contributed by atoms with van der Waals surface area (Å²) < 4.78 is 4.52. The molecule has 0 atom stereocenters. The molecule has 3 N–H and O–H groups in total. The zero-order valence-electron chi connectivity index (χ0n) is 16.4. The van der Waals surface area contributed by atoms with Gasteiger partial charge < -0.3 is 15.4 Å². The number of hydrogen-bond acceptors (Lipinski definition) is 5. The first-order chi connectivity index (χ1) is 13.8. The second-order valence-corrected chi connectivity index (χ2v) is 7.08. The summed E-state index contributed by atoms with van der Waals surface area (Å²) in [6.07, 6.45) is -0.390. The number of carbonyl (C=O) groups is 3. The van der Waals surface area contributed by atoms with Crippen molar-refractivity contribution in [2.75, 3.05) is 17.7 Å². The molecular formula is C21H23N3O4S. The van der Waals surface area contributed by atoms with Crippen LogP contribution in [0.3, 0.4) is 0 Å². The quantitative estimate of drug-likeness (QED) is 0.490. The van der Waals surface area contributed by atoms with Crippen LogP contribution in [0.5, 0.6) is 0 Å². The number of methoxy groups -OCH3 is 1. The van der Waals surface area contributed by atoms with Gasteiger partial charge in [0.2, 0.25) is 5.91 Å². The van der Waals surface area contributed by atoms with Crippen molar-refractivity contribution in [1.82, 2.24) is 5.32 Å². The second kappa shape index (κ2) is 10.3. The Bertz CT molecular complexity index is 913. The number of ether oxygens (including phenoxy) is 1. The van der Waals surface area contributed by atoms with Crippen molar-refractivity contribution in [3.05, 3.63) is 59.7 Å². The molecule has 0 radical (unpaired) electrons. The number of amides is 2. The number of carbonyl (C=O) groups excluding carboxylic acids is 3. The smallest absolute Gasteiger partial charge is 0.413 e. The average molecular weight is 413 g/mol. The Hall–Kier alpha value is -3.26. The van der Waals surface area contributed by atoms with E-state index < -0.39 is 6.09 Å². The molecule has 152 valence electrons. The molecule has 2 amide bonds. The molecular weight excluding hydrogens is 390 g/mol. The third-order valence-electron chi connectivity index (χ3n) is 3.83. The van der Waals surface area contributed by atoms with Gasteiger partial charge in [0.15, 0.2) is 10.9 Å². The van der Waals surface area contributed by atoms with Crippen LogP contribution in [0, 0.1) is 5.92 Å². The number of alkyl carbamates (subject to hydrolysis) is 1. The van der Waals surface area contributed by atoms with Crippen LogP contribution >= 0.6 is 12.2 Å². The SMILES string of the molecule is COC(=O)NC(=S)Nc1cc(C(=O)c2ccccc2)ccc1NC(=O)CC(C)C. The summed E-state index contributed by atoms with van der Waals surface area (Å²) in [5.74, 6) is -0.162. The van der Waals surface area contributed by atoms with Gasteiger partial charge in [-0.1, -0.05) is 44.2 Å². The third kappa shape index (κ3) is 6.69. The molecule has 0 aromatic heterocycles. The highest BCUT2D eigenvalue weighted by Crippen LogP contribution is 2.25. The number of nitrogens with one attached hydrogen (secondary N) is 3. The summed E-state index contributed by atoms with van der Waals surface area (Å²) in [4.78, 5) is 36.3. The monoisotopic (exact) mass is 413 g/mol. The first-order valence-electron chi connectivity index (χ1n) is 8.99. The third-order valence-corrected chi connectivity index (χ3v) is 4.04. The molecule has 0 aliphatic rings. The molecule has 0 saturated carbocycles. The molecule has 29 heavy (non-hydrogen) atoms. The molecule has 0 aliphatic carbocycles. The normalized spacial score (nSPS) is 10.2. The van der Waals surface area contributed by atoms with Gasteiger partial charge in [0.05, 0.1) is 18.5 Å². The van der Waals surface area contributed by atoms with E-state index in [0.717, 1.165) is 0 Å². The van der Waals surface area contributed by atoms with E-state index in [1.807, 2.05) is 19.9 Å². The van der Waals surface area contributed by atoms with Crippen molar-refractivity contribution < 1.29 is 19.1 Å². The minimum absolute atomic E-state index is 0.0273. The average Bonchev–Trinajstić information content (AvgIpc) is 2.68. The Morgan fingerprint density at radius 3 is 2.28 bits per heavy atom. The number of hydrogen-bond donors (Lipinski definition) is 3. The molecule has 7 nitrogen and oxygen atoms in total. The Morgan fingerprint density at radius 1 is 0.966 bits per heavy atom. The van der Waals surface area contributed by atoms with Crippen molar-refractivity contribution >= 4 is 46.5 Å². The number of rotatable bonds is 6. The van der Waals surface area contributed by atoms with Crippen molar-refractivity contribution in [1.29, 1.82) is 0 Å². The Balaban J connectivity index is 2.32. The first-order valence-corrected chi connectivity index (χ1v) is 9.40. The van der Waals surface area contributed by atoms with E-state index in [2.05, 4.69) is 20.7 Å². The molecule has 0 aliphatic heterocycles. The van der Waals surface area contributed by atoms with E-state index >= 15 is 0 Å². The molecule has 8 heteroatoms. The number of thiocarbonyl (C=S) groups is 1. The van der Waals surface area contributed by atoms with Gasteiger partial charge in [-0.15, -0.1) is 0 Å². The van der Waals surface area contributed by atoms with Crippen molar-refractivity contribution in [3.8, 4) is 0 Å². The maximum absolute atomic E-state index is 12.7. The molecule has 0 fully saturated rings. The summed E-state index contributed by atoms with van der Waals surface area (Å²) >= 11 is 5.10. The van der Waals surface area contributed by atoms with Gasteiger partial charge in [-0.05, 0) is 36.3 Å². The highest BCUT2D eigenvalue weighted by atomic mass is 32.1. The molecule has 0 spiro atoms. The van der Waals surface area contributed by atoms with Crippen LogP contribution in [-0.2, 0) is 9.53 Å². The Labute approximate surface area is 174 Å². The number of benzene rings is 2. The predicted octanol–water partition coefficient (Wildman–Crippen LogP) is 3.96. The molecule has 0 heterocycles. The molecule has 0 unspecified atom stereocenters. The van der Waals surface area contributed by atoms with Crippen molar-refractivity contribution in [2.45, 2.75) is 20.3 Å². The summed E-state index contributed by atoms with van der Waals surface area (Å²) in [7, 11) is 1.22. The summed E-state index contributed by atoms with van der Waals surface area (Å²) in [5.41, 5.74) is 1.76. The molecule has 0 saturated heterocycles. The lowest BCUT2D eigenvalue weighted by Crippen LogP contribution is -2.34. The Kier molecular flexibility index (Phi) is 7.85. The topological polar surface area (TPSA) is 96.5 Å². The molecule has 2 aromatic carbocycles. The Morgan fingerprint density at radius 2 is 1.66 bits per heavy atom. The van der Waals surface area contributed by atoms with Gasteiger partial charge >= 0.3 is 6.09 Å². The van der Waals surface area contributed by atoms with Gasteiger partial charge in [-0.3, -0.25) is 14.9 Å². The van der Waals surface area contributed by atoms with E-state index in [1.54, 1.807) is 42.5 Å². The van der Waals surface area contributed by atoms with E-state index in [-0.39, 0.29) is 22.7 Å². The number of anilines is 2. The fourth-order valence-corrected chi connectivity index (χ4v) is 2.72. The van der Waals surface area contributed by atoms with Crippen molar-refractivity contribution in [2.24, 2.45) is 5.92 Å². The largest absolute Gasteiger partial charge is 0.453 e. The van der Waals surface area contributed by atoms with Gasteiger partial charge in [0.1, 0.15) is 0 Å². The lowest BCUT2D eigenvalue weighted by molar-refractivity contribution is -0.116. The summed E-state index contributed by atoms with van der Waals surface area (Å²) in [6.45, 7) is 3.88. The van der Waals surface area contributed by atoms with Crippen LogP contribution in [0.2, 0.25) is 0 Å². The van der Waals surface area contributed by atoms with Gasteiger partial charge in [-0.25, -0.2) is 4.79 Å². The highest BCUT2D eigenvalue weighted by Gasteiger charge is 2.15. The van der Waals surface area contributed by atoms with Gasteiger partial charge in [-0.2, -0.15) is 0 Å². The van der Waals surface area contributed by atoms with Crippen LogP contribution in [0.25, 0.3) is 0 Å². The second-order valence-electron chi connectivity index (χ2n) is 6.67. The lowest BCUT2D eigenvalue weighted by atomic mass is 10.0. The lowest BCUT2D eigenvalue weighted by Gasteiger charge is -2.16. The molecule has 2 aromatic rings. The maximum Gasteiger partial charge on any atom is 0.413 e.